The fourth-order valence-electron chi connectivity index (χ4n) is 5.16. The normalized spacial score (nSPS) is 12.9. The highest BCUT2D eigenvalue weighted by atomic mass is 35.5. The van der Waals surface area contributed by atoms with Gasteiger partial charge in [0, 0.05) is 44.0 Å². The summed E-state index contributed by atoms with van der Waals surface area (Å²) in [6, 6.07) is 20.1. The molecule has 8 heteroatoms. The van der Waals surface area contributed by atoms with Gasteiger partial charge in [-0.3, -0.25) is 14.5 Å². The lowest BCUT2D eigenvalue weighted by atomic mass is 9.93. The predicted octanol–water partition coefficient (Wildman–Crippen LogP) is 6.46. The average Bonchev–Trinajstić information content (AvgIpc) is 3.42. The number of nitrogens with zero attached hydrogens (tertiary/aromatic N) is 1. The van der Waals surface area contributed by atoms with Crippen LogP contribution in [0.2, 0.25) is 5.02 Å². The van der Waals surface area contributed by atoms with Crippen LogP contribution in [0.5, 0.6) is 17.2 Å². The smallest absolute Gasteiger partial charge is 0.262 e. The quantitative estimate of drug-likeness (QED) is 0.257. The Morgan fingerprint density at radius 3 is 2.21 bits per heavy atom. The Morgan fingerprint density at radius 1 is 0.763 bits per heavy atom. The minimum Gasteiger partial charge on any atom is -0.497 e. The molecule has 0 aliphatic carbocycles. The maximum Gasteiger partial charge on any atom is 0.262 e. The van der Waals surface area contributed by atoms with Crippen LogP contribution in [0, 0.1) is 0 Å². The van der Waals surface area contributed by atoms with E-state index in [1.807, 2.05) is 42.5 Å². The number of fused-ring (bicyclic) bond motifs is 5. The third-order valence-electron chi connectivity index (χ3n) is 7.00. The first kappa shape index (κ1) is 23.9. The lowest BCUT2D eigenvalue weighted by Crippen LogP contribution is -2.29. The highest BCUT2D eigenvalue weighted by Crippen LogP contribution is 2.43. The molecular weight excluding hydrogens is 504 g/mol. The number of hydrogen-bond acceptors (Lipinski definition) is 5. The molecule has 5 aromatic rings. The number of hydrogen-bond donors (Lipinski definition) is 1. The molecular formula is C30H23ClN2O5. The number of amides is 2. The maximum atomic E-state index is 14.1. The van der Waals surface area contributed by atoms with Crippen molar-refractivity contribution in [1.29, 1.82) is 0 Å². The van der Waals surface area contributed by atoms with Gasteiger partial charge in [0.15, 0.2) is 0 Å². The number of methoxy groups -OCH3 is 3. The van der Waals surface area contributed by atoms with Gasteiger partial charge in [0.2, 0.25) is 0 Å². The van der Waals surface area contributed by atoms with Crippen molar-refractivity contribution in [2.75, 3.05) is 21.3 Å². The SMILES string of the molecule is COc1ccc(CN2C(=O)c3c(-c4ccccc4Cl)cc4[nH]c5ccc(OC)cc5c4c3C2=O)c(OC)c1. The fourth-order valence-corrected chi connectivity index (χ4v) is 5.40. The van der Waals surface area contributed by atoms with E-state index in [1.54, 1.807) is 45.6 Å². The van der Waals surface area contributed by atoms with Gasteiger partial charge in [-0.2, -0.15) is 0 Å². The molecule has 1 aliphatic heterocycles. The van der Waals surface area contributed by atoms with Crippen molar-refractivity contribution >= 4 is 45.2 Å². The summed E-state index contributed by atoms with van der Waals surface area (Å²) in [4.78, 5) is 32.8. The van der Waals surface area contributed by atoms with Gasteiger partial charge in [-0.15, -0.1) is 0 Å². The van der Waals surface area contributed by atoms with Gasteiger partial charge in [0.1, 0.15) is 17.2 Å². The van der Waals surface area contributed by atoms with Crippen LogP contribution in [0.15, 0.2) is 66.7 Å². The zero-order valence-corrected chi connectivity index (χ0v) is 21.7. The van der Waals surface area contributed by atoms with Crippen molar-refractivity contribution in [2.24, 2.45) is 0 Å². The van der Waals surface area contributed by atoms with Crippen molar-refractivity contribution < 1.29 is 23.8 Å². The Labute approximate surface area is 223 Å². The van der Waals surface area contributed by atoms with Gasteiger partial charge < -0.3 is 19.2 Å². The van der Waals surface area contributed by atoms with Crippen LogP contribution in [-0.4, -0.2) is 43.0 Å². The molecule has 0 saturated carbocycles. The standard InChI is InChI=1S/C30H23ClN2O5/c1-36-17-10-11-23-21(12-17)26-24(32-23)14-20(19-6-4-5-7-22(19)31)27-28(26)30(35)33(29(27)34)15-16-8-9-18(37-2)13-25(16)38-3/h4-14,32H,15H2,1-3H3. The van der Waals surface area contributed by atoms with E-state index in [0.29, 0.717) is 55.5 Å². The summed E-state index contributed by atoms with van der Waals surface area (Å²) in [5.74, 6) is 1.01. The molecule has 7 nitrogen and oxygen atoms in total. The molecule has 1 aliphatic rings. The molecule has 0 bridgehead atoms. The largest absolute Gasteiger partial charge is 0.497 e. The van der Waals surface area contributed by atoms with Crippen LogP contribution in [0.3, 0.4) is 0 Å². The van der Waals surface area contributed by atoms with E-state index in [9.17, 15) is 9.59 Å². The van der Waals surface area contributed by atoms with Crippen LogP contribution in [0.4, 0.5) is 0 Å². The average molecular weight is 527 g/mol. The van der Waals surface area contributed by atoms with E-state index in [0.717, 1.165) is 16.4 Å². The Morgan fingerprint density at radius 2 is 1.47 bits per heavy atom. The van der Waals surface area contributed by atoms with E-state index in [1.165, 1.54) is 4.90 Å². The molecule has 0 unspecified atom stereocenters. The number of benzene rings is 4. The Bertz CT molecular complexity index is 1770. The van der Waals surface area contributed by atoms with Gasteiger partial charge in [-0.05, 0) is 48.0 Å². The molecule has 38 heavy (non-hydrogen) atoms. The number of nitrogens with one attached hydrogen (secondary N) is 1. The topological polar surface area (TPSA) is 80.9 Å². The summed E-state index contributed by atoms with van der Waals surface area (Å²) in [5, 5.41) is 1.96. The van der Waals surface area contributed by atoms with E-state index in [2.05, 4.69) is 4.98 Å². The summed E-state index contributed by atoms with van der Waals surface area (Å²) >= 11 is 6.58. The van der Waals surface area contributed by atoms with E-state index in [4.69, 9.17) is 25.8 Å². The van der Waals surface area contributed by atoms with Crippen molar-refractivity contribution in [1.82, 2.24) is 9.88 Å². The van der Waals surface area contributed by atoms with Crippen LogP contribution in [-0.2, 0) is 6.54 Å². The number of imide groups is 1. The molecule has 0 radical (unpaired) electrons. The van der Waals surface area contributed by atoms with Gasteiger partial charge >= 0.3 is 0 Å². The second-order valence-corrected chi connectivity index (χ2v) is 9.39. The van der Waals surface area contributed by atoms with Crippen LogP contribution in [0.25, 0.3) is 32.9 Å². The Hall–Kier alpha value is -4.49. The van der Waals surface area contributed by atoms with Gasteiger partial charge in [-0.1, -0.05) is 29.8 Å². The molecule has 0 fully saturated rings. The summed E-state index contributed by atoms with van der Waals surface area (Å²) in [5.41, 5.74) is 4.18. The third-order valence-corrected chi connectivity index (χ3v) is 7.33. The first-order valence-corrected chi connectivity index (χ1v) is 12.3. The number of halogens is 1. The van der Waals surface area contributed by atoms with Crippen LogP contribution >= 0.6 is 11.6 Å². The first-order chi connectivity index (χ1) is 18.4. The number of ether oxygens (including phenoxy) is 3. The lowest BCUT2D eigenvalue weighted by molar-refractivity contribution is 0.0642. The second kappa shape index (κ2) is 9.11. The summed E-state index contributed by atoms with van der Waals surface area (Å²) in [6.45, 7) is 0.0364. The van der Waals surface area contributed by atoms with Crippen molar-refractivity contribution in [2.45, 2.75) is 6.54 Å². The molecule has 0 atom stereocenters. The summed E-state index contributed by atoms with van der Waals surface area (Å²) < 4.78 is 16.3. The minimum absolute atomic E-state index is 0.0364. The molecule has 1 N–H and O–H groups in total. The number of carbonyl (C=O) groups excluding carboxylic acids is 2. The maximum absolute atomic E-state index is 14.1. The number of carbonyl (C=O) groups is 2. The van der Waals surface area contributed by atoms with E-state index in [-0.39, 0.29) is 12.5 Å². The molecule has 0 saturated heterocycles. The second-order valence-electron chi connectivity index (χ2n) is 8.99. The number of aromatic amines is 1. The highest BCUT2D eigenvalue weighted by molar-refractivity contribution is 6.36. The number of aromatic nitrogens is 1. The third kappa shape index (κ3) is 3.58. The van der Waals surface area contributed by atoms with Gasteiger partial charge in [-0.25, -0.2) is 0 Å². The molecule has 6 rings (SSSR count). The minimum atomic E-state index is -0.392. The molecule has 1 aromatic heterocycles. The van der Waals surface area contributed by atoms with Crippen LogP contribution in [0.1, 0.15) is 26.3 Å². The van der Waals surface area contributed by atoms with Gasteiger partial charge in [0.25, 0.3) is 11.8 Å². The fraction of sp³-hybridized carbons (Fsp3) is 0.133. The van der Waals surface area contributed by atoms with E-state index < -0.39 is 5.91 Å². The monoisotopic (exact) mass is 526 g/mol. The predicted molar refractivity (Wildman–Crippen MR) is 147 cm³/mol. The summed E-state index contributed by atoms with van der Waals surface area (Å²) in [7, 11) is 4.70. The van der Waals surface area contributed by atoms with Gasteiger partial charge in [0.05, 0.1) is 39.0 Å². The first-order valence-electron chi connectivity index (χ1n) is 11.9. The number of rotatable bonds is 6. The van der Waals surface area contributed by atoms with Crippen LogP contribution < -0.4 is 14.2 Å². The van der Waals surface area contributed by atoms with E-state index >= 15 is 0 Å². The molecule has 4 aromatic carbocycles. The Kier molecular flexibility index (Phi) is 5.73. The van der Waals surface area contributed by atoms with Crippen molar-refractivity contribution in [3.05, 3.63) is 88.4 Å². The number of H-pyrrole nitrogens is 1. The lowest BCUT2D eigenvalue weighted by Gasteiger charge is -2.17. The highest BCUT2D eigenvalue weighted by Gasteiger charge is 2.41. The Balaban J connectivity index is 1.60. The van der Waals surface area contributed by atoms with Crippen molar-refractivity contribution in [3.63, 3.8) is 0 Å². The molecule has 2 heterocycles. The molecule has 0 spiro atoms. The molecule has 190 valence electrons. The zero-order valence-electron chi connectivity index (χ0n) is 20.9. The zero-order chi connectivity index (χ0) is 26.6. The molecule has 2 amide bonds. The van der Waals surface area contributed by atoms with Crippen molar-refractivity contribution in [3.8, 4) is 28.4 Å². The summed E-state index contributed by atoms with van der Waals surface area (Å²) in [6.07, 6.45) is 0.